The van der Waals surface area contributed by atoms with Crippen LogP contribution in [0.2, 0.25) is 0 Å². The van der Waals surface area contributed by atoms with Gasteiger partial charge in [0, 0.05) is 12.5 Å². The zero-order valence-corrected chi connectivity index (χ0v) is 10.3. The third kappa shape index (κ3) is 3.35. The van der Waals surface area contributed by atoms with Gasteiger partial charge in [0.05, 0.1) is 5.60 Å². The molecule has 0 amide bonds. The van der Waals surface area contributed by atoms with Crippen LogP contribution in [0.3, 0.4) is 0 Å². The van der Waals surface area contributed by atoms with Crippen LogP contribution in [-0.2, 0) is 12.0 Å². The maximum absolute atomic E-state index is 13.2. The molecule has 19 heavy (non-hydrogen) atoms. The predicted octanol–water partition coefficient (Wildman–Crippen LogP) is 3.55. The zero-order valence-electron chi connectivity index (χ0n) is 10.3. The van der Waals surface area contributed by atoms with Gasteiger partial charge in [0.15, 0.2) is 0 Å². The van der Waals surface area contributed by atoms with Crippen molar-refractivity contribution >= 4 is 0 Å². The fraction of sp³-hybridized carbons (Fsp3) is 0.200. The Hall–Kier alpha value is -1.81. The van der Waals surface area contributed by atoms with Crippen molar-refractivity contribution in [1.29, 1.82) is 0 Å². The third-order valence-corrected chi connectivity index (χ3v) is 2.92. The van der Waals surface area contributed by atoms with Crippen molar-refractivity contribution in [1.82, 2.24) is 0 Å². The molecule has 0 radical (unpaired) electrons. The molecular weight excluding hydrogens is 253 g/mol. The minimum absolute atomic E-state index is 0.0631. The molecule has 0 aromatic heterocycles. The van der Waals surface area contributed by atoms with Crippen molar-refractivity contribution in [3.63, 3.8) is 0 Å². The smallest absolute Gasteiger partial charge is 0.126 e. The van der Waals surface area contributed by atoms with Gasteiger partial charge in [-0.1, -0.05) is 12.1 Å². The molecule has 1 unspecified atom stereocenters. The molecule has 100 valence electrons. The largest absolute Gasteiger partial charge is 0.385 e. The van der Waals surface area contributed by atoms with Gasteiger partial charge in [0.1, 0.15) is 17.5 Å². The van der Waals surface area contributed by atoms with E-state index in [2.05, 4.69) is 0 Å². The summed E-state index contributed by atoms with van der Waals surface area (Å²) in [7, 11) is 0. The van der Waals surface area contributed by atoms with E-state index in [1.165, 1.54) is 25.1 Å². The molecule has 0 aliphatic heterocycles. The molecule has 0 aliphatic carbocycles. The molecule has 4 heteroatoms. The van der Waals surface area contributed by atoms with Crippen LogP contribution in [0.5, 0.6) is 0 Å². The molecule has 2 aromatic rings. The van der Waals surface area contributed by atoms with Gasteiger partial charge >= 0.3 is 0 Å². The van der Waals surface area contributed by atoms with E-state index in [0.717, 1.165) is 18.2 Å². The maximum atomic E-state index is 13.2. The molecule has 1 atom stereocenters. The maximum Gasteiger partial charge on any atom is 0.126 e. The highest BCUT2D eigenvalue weighted by atomic mass is 19.1. The van der Waals surface area contributed by atoms with Gasteiger partial charge < -0.3 is 5.11 Å². The fourth-order valence-electron chi connectivity index (χ4n) is 2.01. The lowest BCUT2D eigenvalue weighted by Gasteiger charge is -2.24. The summed E-state index contributed by atoms with van der Waals surface area (Å²) in [6.45, 7) is 1.44. The second-order valence-corrected chi connectivity index (χ2v) is 4.74. The Balaban J connectivity index is 2.31. The van der Waals surface area contributed by atoms with Crippen LogP contribution >= 0.6 is 0 Å². The van der Waals surface area contributed by atoms with Crippen molar-refractivity contribution in [2.75, 3.05) is 0 Å². The fourth-order valence-corrected chi connectivity index (χ4v) is 2.01. The Labute approximate surface area is 109 Å². The van der Waals surface area contributed by atoms with E-state index in [1.54, 1.807) is 6.07 Å². The lowest BCUT2D eigenvalue weighted by atomic mass is 9.89. The average molecular weight is 266 g/mol. The molecule has 2 aromatic carbocycles. The molecular formula is C15H13F3O. The van der Waals surface area contributed by atoms with Crippen molar-refractivity contribution in [2.45, 2.75) is 18.9 Å². The van der Waals surface area contributed by atoms with Crippen LogP contribution in [0.4, 0.5) is 13.2 Å². The molecule has 0 spiro atoms. The summed E-state index contributed by atoms with van der Waals surface area (Å²) in [4.78, 5) is 0. The Kier molecular flexibility index (Phi) is 3.62. The lowest BCUT2D eigenvalue weighted by Crippen LogP contribution is -2.24. The SMILES string of the molecule is CC(O)(Cc1cccc(F)c1)c1cc(F)cc(F)c1. The van der Waals surface area contributed by atoms with E-state index < -0.39 is 23.1 Å². The lowest BCUT2D eigenvalue weighted by molar-refractivity contribution is 0.0568. The summed E-state index contributed by atoms with van der Waals surface area (Å²) in [5.74, 6) is -1.93. The van der Waals surface area contributed by atoms with Crippen molar-refractivity contribution in [3.8, 4) is 0 Å². The van der Waals surface area contributed by atoms with Crippen LogP contribution in [0.1, 0.15) is 18.1 Å². The number of hydrogen-bond donors (Lipinski definition) is 1. The third-order valence-electron chi connectivity index (χ3n) is 2.92. The number of aliphatic hydroxyl groups is 1. The van der Waals surface area contributed by atoms with Crippen molar-refractivity contribution < 1.29 is 18.3 Å². The Morgan fingerprint density at radius 3 is 2.16 bits per heavy atom. The average Bonchev–Trinajstić information content (AvgIpc) is 2.26. The highest BCUT2D eigenvalue weighted by molar-refractivity contribution is 5.27. The zero-order chi connectivity index (χ0) is 14.0. The van der Waals surface area contributed by atoms with E-state index >= 15 is 0 Å². The highest BCUT2D eigenvalue weighted by Crippen LogP contribution is 2.26. The monoisotopic (exact) mass is 266 g/mol. The minimum atomic E-state index is -1.48. The normalized spacial score (nSPS) is 14.2. The van der Waals surface area contributed by atoms with Gasteiger partial charge in [-0.05, 0) is 42.3 Å². The first-order valence-electron chi connectivity index (χ1n) is 5.80. The first kappa shape index (κ1) is 13.6. The number of halogens is 3. The van der Waals surface area contributed by atoms with E-state index in [-0.39, 0.29) is 12.0 Å². The molecule has 0 bridgehead atoms. The molecule has 1 N–H and O–H groups in total. The molecule has 0 fully saturated rings. The second kappa shape index (κ2) is 5.05. The summed E-state index contributed by atoms with van der Waals surface area (Å²) < 4.78 is 39.4. The molecule has 0 saturated carbocycles. The minimum Gasteiger partial charge on any atom is -0.385 e. The van der Waals surface area contributed by atoms with Gasteiger partial charge in [-0.25, -0.2) is 13.2 Å². The first-order chi connectivity index (χ1) is 8.87. The van der Waals surface area contributed by atoms with Crippen LogP contribution < -0.4 is 0 Å². The molecule has 0 saturated heterocycles. The van der Waals surface area contributed by atoms with Gasteiger partial charge in [0.25, 0.3) is 0 Å². The second-order valence-electron chi connectivity index (χ2n) is 4.74. The molecule has 2 rings (SSSR count). The van der Waals surface area contributed by atoms with Gasteiger partial charge in [0.2, 0.25) is 0 Å². The van der Waals surface area contributed by atoms with E-state index in [1.807, 2.05) is 0 Å². The Bertz CT molecular complexity index is 573. The van der Waals surface area contributed by atoms with Crippen LogP contribution in [0, 0.1) is 17.5 Å². The first-order valence-corrected chi connectivity index (χ1v) is 5.80. The standard InChI is InChI=1S/C15H13F3O/c1-15(19,9-10-3-2-4-12(16)5-10)11-6-13(17)8-14(18)7-11/h2-8,19H,9H2,1H3. The summed E-state index contributed by atoms with van der Waals surface area (Å²) >= 11 is 0. The quantitative estimate of drug-likeness (QED) is 0.900. The van der Waals surface area contributed by atoms with Gasteiger partial charge in [-0.15, -0.1) is 0 Å². The summed E-state index contributed by atoms with van der Waals surface area (Å²) in [6, 6.07) is 8.62. The van der Waals surface area contributed by atoms with E-state index in [9.17, 15) is 18.3 Å². The number of benzene rings is 2. The summed E-state index contributed by atoms with van der Waals surface area (Å²) in [5.41, 5.74) is -0.805. The number of rotatable bonds is 3. The van der Waals surface area contributed by atoms with E-state index in [0.29, 0.717) is 5.56 Å². The predicted molar refractivity (Wildman–Crippen MR) is 66.0 cm³/mol. The van der Waals surface area contributed by atoms with E-state index in [4.69, 9.17) is 0 Å². The molecule has 0 heterocycles. The molecule has 1 nitrogen and oxygen atoms in total. The highest BCUT2D eigenvalue weighted by Gasteiger charge is 2.25. The molecule has 0 aliphatic rings. The van der Waals surface area contributed by atoms with Crippen molar-refractivity contribution in [2.24, 2.45) is 0 Å². The van der Waals surface area contributed by atoms with Crippen LogP contribution in [-0.4, -0.2) is 5.11 Å². The Morgan fingerprint density at radius 2 is 1.58 bits per heavy atom. The van der Waals surface area contributed by atoms with Crippen LogP contribution in [0.25, 0.3) is 0 Å². The van der Waals surface area contributed by atoms with Crippen LogP contribution in [0.15, 0.2) is 42.5 Å². The van der Waals surface area contributed by atoms with Gasteiger partial charge in [-0.2, -0.15) is 0 Å². The summed E-state index contributed by atoms with van der Waals surface area (Å²) in [5, 5.41) is 10.3. The topological polar surface area (TPSA) is 20.2 Å². The Morgan fingerprint density at radius 1 is 0.947 bits per heavy atom. The summed E-state index contributed by atoms with van der Waals surface area (Å²) in [6.07, 6.45) is 0.0631. The van der Waals surface area contributed by atoms with Gasteiger partial charge in [-0.3, -0.25) is 0 Å². The van der Waals surface area contributed by atoms with Crippen molar-refractivity contribution in [3.05, 3.63) is 71.0 Å². The number of hydrogen-bond acceptors (Lipinski definition) is 1.